The highest BCUT2D eigenvalue weighted by molar-refractivity contribution is 5.81. The van der Waals surface area contributed by atoms with E-state index in [1.807, 2.05) is 17.0 Å². The quantitative estimate of drug-likeness (QED) is 0.675. The van der Waals surface area contributed by atoms with E-state index >= 15 is 4.39 Å². The second kappa shape index (κ2) is 7.29. The molecule has 0 bridgehead atoms. The molecular weight excluding hydrogens is 407 g/mol. The van der Waals surface area contributed by atoms with Gasteiger partial charge in [0, 0.05) is 31.3 Å². The van der Waals surface area contributed by atoms with Crippen molar-refractivity contribution in [1.29, 1.82) is 0 Å². The fourth-order valence-corrected chi connectivity index (χ4v) is 4.75. The minimum Gasteiger partial charge on any atom is -0.342 e. The molecule has 0 atom stereocenters. The van der Waals surface area contributed by atoms with Crippen molar-refractivity contribution in [3.8, 4) is 16.8 Å². The van der Waals surface area contributed by atoms with Gasteiger partial charge in [-0.25, -0.2) is 18.9 Å². The topological polar surface area (TPSA) is 71.0 Å². The Morgan fingerprint density at radius 3 is 2.69 bits per heavy atom. The summed E-state index contributed by atoms with van der Waals surface area (Å²) in [6.07, 6.45) is 7.62. The second-order valence-corrected chi connectivity index (χ2v) is 9.05. The largest absolute Gasteiger partial charge is 0.348 e. The van der Waals surface area contributed by atoms with Gasteiger partial charge in [0.05, 0.1) is 5.69 Å². The van der Waals surface area contributed by atoms with Gasteiger partial charge < -0.3 is 4.90 Å². The lowest BCUT2D eigenvalue weighted by molar-refractivity contribution is -0.138. The molecule has 32 heavy (non-hydrogen) atoms. The minimum atomic E-state index is -0.468. The fraction of sp³-hybridized carbons (Fsp3) is 0.320. The number of nitrogens with one attached hydrogen (secondary N) is 1. The smallest absolute Gasteiger partial charge is 0.342 e. The van der Waals surface area contributed by atoms with Gasteiger partial charge in [-0.3, -0.25) is 4.79 Å². The zero-order chi connectivity index (χ0) is 21.8. The first-order valence-corrected chi connectivity index (χ1v) is 11.1. The van der Waals surface area contributed by atoms with Crippen molar-refractivity contribution >= 4 is 12.0 Å². The van der Waals surface area contributed by atoms with Crippen LogP contribution in [0.15, 0.2) is 47.3 Å². The van der Waals surface area contributed by atoms with Gasteiger partial charge in [0.1, 0.15) is 11.6 Å². The van der Waals surface area contributed by atoms with E-state index in [9.17, 15) is 9.59 Å². The number of hydrogen-bond donors (Lipinski definition) is 1. The van der Waals surface area contributed by atoms with Crippen molar-refractivity contribution < 1.29 is 9.18 Å². The first-order valence-electron chi connectivity index (χ1n) is 11.1. The number of rotatable bonds is 5. The summed E-state index contributed by atoms with van der Waals surface area (Å²) in [7, 11) is 0. The van der Waals surface area contributed by atoms with E-state index in [2.05, 4.69) is 34.5 Å². The van der Waals surface area contributed by atoms with E-state index in [0.717, 1.165) is 30.4 Å². The van der Waals surface area contributed by atoms with Gasteiger partial charge in [-0.2, -0.15) is 5.10 Å². The molecule has 6 nitrogen and oxygen atoms in total. The summed E-state index contributed by atoms with van der Waals surface area (Å²) >= 11 is 0. The number of benzene rings is 2. The summed E-state index contributed by atoms with van der Waals surface area (Å²) in [6.45, 7) is 1.34. The summed E-state index contributed by atoms with van der Waals surface area (Å²) in [5.41, 5.74) is 3.89. The Balaban J connectivity index is 1.23. The number of aromatic amines is 1. The second-order valence-electron chi connectivity index (χ2n) is 9.05. The normalized spacial score (nSPS) is 17.5. The number of nitrogens with zero attached hydrogens (tertiary/aromatic N) is 3. The van der Waals surface area contributed by atoms with Crippen molar-refractivity contribution in [1.82, 2.24) is 19.7 Å². The Kier molecular flexibility index (Phi) is 4.38. The number of amides is 1. The SMILES string of the molecule is O=C(C1CC1)N1CC(Cc2n[nH]c(=O)n2-c2ccc(-c3ccc4c(c3)CC=C4)cc2F)C1. The van der Waals surface area contributed by atoms with Crippen molar-refractivity contribution in [3.05, 3.63) is 75.7 Å². The Bertz CT molecular complexity index is 1310. The Hall–Kier alpha value is -3.48. The molecular formula is C25H23FN4O2. The molecule has 2 aliphatic carbocycles. The third kappa shape index (κ3) is 3.28. The molecule has 0 unspecified atom stereocenters. The molecule has 1 saturated heterocycles. The van der Waals surface area contributed by atoms with E-state index in [4.69, 9.17) is 0 Å². The third-order valence-corrected chi connectivity index (χ3v) is 6.71. The van der Waals surface area contributed by atoms with E-state index < -0.39 is 11.5 Å². The number of hydrogen-bond acceptors (Lipinski definition) is 3. The van der Waals surface area contributed by atoms with Gasteiger partial charge in [-0.1, -0.05) is 36.4 Å². The molecule has 0 radical (unpaired) electrons. The summed E-state index contributed by atoms with van der Waals surface area (Å²) in [6, 6.07) is 11.1. The molecule has 2 fully saturated rings. The van der Waals surface area contributed by atoms with Crippen LogP contribution in [0.4, 0.5) is 4.39 Å². The van der Waals surface area contributed by atoms with Crippen LogP contribution in [0.3, 0.4) is 0 Å². The van der Waals surface area contributed by atoms with Gasteiger partial charge in [0.2, 0.25) is 5.91 Å². The molecule has 3 aromatic rings. The minimum absolute atomic E-state index is 0.190. The predicted molar refractivity (Wildman–Crippen MR) is 119 cm³/mol. The fourth-order valence-electron chi connectivity index (χ4n) is 4.75. The molecule has 1 aliphatic heterocycles. The van der Waals surface area contributed by atoms with Crippen molar-refractivity contribution in [2.75, 3.05) is 13.1 Å². The zero-order valence-corrected chi connectivity index (χ0v) is 17.6. The monoisotopic (exact) mass is 430 g/mol. The van der Waals surface area contributed by atoms with E-state index in [0.29, 0.717) is 25.3 Å². The lowest BCUT2D eigenvalue weighted by Crippen LogP contribution is -2.51. The lowest BCUT2D eigenvalue weighted by atomic mass is 9.95. The Morgan fingerprint density at radius 2 is 1.91 bits per heavy atom. The molecule has 1 amide bonds. The maximum absolute atomic E-state index is 15.2. The van der Waals surface area contributed by atoms with Gasteiger partial charge >= 0.3 is 5.69 Å². The first-order chi connectivity index (χ1) is 15.6. The average Bonchev–Trinajstić information content (AvgIpc) is 3.40. The van der Waals surface area contributed by atoms with E-state index in [-0.39, 0.29) is 23.4 Å². The van der Waals surface area contributed by atoms with Crippen LogP contribution in [0.1, 0.15) is 29.8 Å². The van der Waals surface area contributed by atoms with Gasteiger partial charge in [-0.05, 0) is 53.6 Å². The standard InChI is InChI=1S/C25H23FN4O2/c26-21-12-20(19-7-4-16-2-1-3-18(16)11-19)8-9-22(21)30-23(27-28-25(30)32)10-15-13-29(14-15)24(31)17-5-6-17/h1-2,4,7-9,11-12,15,17H,3,5-6,10,13-14H2,(H,28,32). The highest BCUT2D eigenvalue weighted by Gasteiger charge is 2.39. The number of fused-ring (bicyclic) bond motifs is 1. The number of carbonyl (C=O) groups excluding carboxylic acids is 1. The van der Waals surface area contributed by atoms with Crippen LogP contribution in [-0.2, 0) is 17.6 Å². The Labute approximate surface area is 184 Å². The van der Waals surface area contributed by atoms with Crippen LogP contribution in [0, 0.1) is 17.7 Å². The van der Waals surface area contributed by atoms with Gasteiger partial charge in [0.15, 0.2) is 0 Å². The van der Waals surface area contributed by atoms with Crippen molar-refractivity contribution in [2.45, 2.75) is 25.7 Å². The third-order valence-electron chi connectivity index (χ3n) is 6.71. The number of carbonyl (C=O) groups is 1. The number of aromatic nitrogens is 3. The van der Waals surface area contributed by atoms with Gasteiger partial charge in [-0.15, -0.1) is 0 Å². The maximum Gasteiger partial charge on any atom is 0.348 e. The molecule has 6 rings (SSSR count). The van der Waals surface area contributed by atoms with Crippen LogP contribution in [0.5, 0.6) is 0 Å². The highest BCUT2D eigenvalue weighted by Crippen LogP contribution is 2.34. The van der Waals surface area contributed by atoms with Crippen molar-refractivity contribution in [2.24, 2.45) is 11.8 Å². The molecule has 3 aliphatic rings. The maximum atomic E-state index is 15.2. The molecule has 1 saturated carbocycles. The molecule has 2 aromatic carbocycles. The van der Waals surface area contributed by atoms with E-state index in [1.54, 1.807) is 6.07 Å². The molecule has 1 N–H and O–H groups in total. The summed E-state index contributed by atoms with van der Waals surface area (Å²) in [5, 5.41) is 6.60. The van der Waals surface area contributed by atoms with E-state index in [1.165, 1.54) is 21.8 Å². The lowest BCUT2D eigenvalue weighted by Gasteiger charge is -2.39. The van der Waals surface area contributed by atoms with Gasteiger partial charge in [0.25, 0.3) is 0 Å². The first kappa shape index (κ1) is 19.2. The van der Waals surface area contributed by atoms with Crippen LogP contribution in [-0.4, -0.2) is 38.7 Å². The number of likely N-dealkylation sites (tertiary alicyclic amines) is 1. The van der Waals surface area contributed by atoms with Crippen LogP contribution < -0.4 is 5.69 Å². The number of halogens is 1. The molecule has 7 heteroatoms. The Morgan fingerprint density at radius 1 is 1.12 bits per heavy atom. The van der Waals surface area contributed by atoms with Crippen LogP contribution >= 0.6 is 0 Å². The predicted octanol–water partition coefficient (Wildman–Crippen LogP) is 3.35. The molecule has 162 valence electrons. The summed E-state index contributed by atoms with van der Waals surface area (Å²) in [5.74, 6) is 0.714. The summed E-state index contributed by atoms with van der Waals surface area (Å²) in [4.78, 5) is 26.4. The average molecular weight is 430 g/mol. The zero-order valence-electron chi connectivity index (χ0n) is 17.6. The van der Waals surface area contributed by atoms with Crippen molar-refractivity contribution in [3.63, 3.8) is 0 Å². The number of H-pyrrole nitrogens is 1. The molecule has 0 spiro atoms. The molecule has 1 aromatic heterocycles. The van der Waals surface area contributed by atoms with Crippen LogP contribution in [0.2, 0.25) is 0 Å². The molecule has 2 heterocycles. The van der Waals surface area contributed by atoms with Crippen LogP contribution in [0.25, 0.3) is 22.9 Å². The number of allylic oxidation sites excluding steroid dienone is 1. The summed E-state index contributed by atoms with van der Waals surface area (Å²) < 4.78 is 16.5. The highest BCUT2D eigenvalue weighted by atomic mass is 19.1.